The van der Waals surface area contributed by atoms with E-state index in [1.807, 2.05) is 24.3 Å². The van der Waals surface area contributed by atoms with E-state index in [-0.39, 0.29) is 11.5 Å². The first-order chi connectivity index (χ1) is 17.0. The monoisotopic (exact) mass is 473 g/mol. The maximum atomic E-state index is 13.8. The minimum absolute atomic E-state index is 0.156. The van der Waals surface area contributed by atoms with Crippen molar-refractivity contribution in [3.63, 3.8) is 0 Å². The van der Waals surface area contributed by atoms with E-state index < -0.39 is 6.10 Å². The zero-order chi connectivity index (χ0) is 24.7. The molecule has 1 atom stereocenters. The Morgan fingerprint density at radius 2 is 1.91 bits per heavy atom. The molecule has 0 radical (unpaired) electrons. The molecule has 0 aliphatic rings. The average molecular weight is 474 g/mol. The number of benzene rings is 2. The molecule has 0 aliphatic heterocycles. The Kier molecular flexibility index (Phi) is 5.80. The molecule has 5 rings (SSSR count). The lowest BCUT2D eigenvalue weighted by atomic mass is 10.1. The molecule has 180 valence electrons. The van der Waals surface area contributed by atoms with Crippen LogP contribution >= 0.6 is 0 Å². The number of nitrogens with zero attached hydrogens (tertiary/aromatic N) is 2. The fraction of sp³-hybridized carbons (Fsp3) is 0.296. The van der Waals surface area contributed by atoms with Gasteiger partial charge in [-0.2, -0.15) is 0 Å². The van der Waals surface area contributed by atoms with E-state index in [1.54, 1.807) is 36.8 Å². The highest BCUT2D eigenvalue weighted by molar-refractivity contribution is 6.19. The van der Waals surface area contributed by atoms with E-state index in [0.717, 1.165) is 34.6 Å². The van der Waals surface area contributed by atoms with E-state index in [4.69, 9.17) is 14.2 Å². The molecule has 0 aliphatic carbocycles. The first-order valence-electron chi connectivity index (χ1n) is 11.7. The molecule has 0 saturated carbocycles. The number of hydrogen-bond acceptors (Lipinski definition) is 6. The second-order valence-electron chi connectivity index (χ2n) is 8.50. The number of hydrogen-bond donors (Lipinski definition) is 1. The quantitative estimate of drug-likeness (QED) is 0.267. The zero-order valence-corrected chi connectivity index (χ0v) is 20.2. The van der Waals surface area contributed by atoms with E-state index in [0.29, 0.717) is 40.1 Å². The minimum atomic E-state index is -0.645. The summed E-state index contributed by atoms with van der Waals surface area (Å²) in [5, 5.41) is 5.72. The molecule has 0 bridgehead atoms. The molecule has 5 aromatic rings. The normalized spacial score (nSPS) is 12.5. The van der Waals surface area contributed by atoms with Gasteiger partial charge in [-0.3, -0.25) is 19.0 Å². The van der Waals surface area contributed by atoms with Crippen molar-refractivity contribution in [1.82, 2.24) is 14.7 Å². The molecule has 3 heterocycles. The maximum Gasteiger partial charge on any atom is 0.267 e. The van der Waals surface area contributed by atoms with Crippen LogP contribution in [0.25, 0.3) is 38.1 Å². The Labute approximate surface area is 201 Å². The lowest BCUT2D eigenvalue weighted by Crippen LogP contribution is -2.36. The molecule has 1 unspecified atom stereocenters. The second-order valence-corrected chi connectivity index (χ2v) is 8.50. The van der Waals surface area contributed by atoms with Crippen LogP contribution in [0.5, 0.6) is 17.2 Å². The van der Waals surface area contributed by atoms with Crippen LogP contribution in [0.4, 0.5) is 0 Å². The van der Waals surface area contributed by atoms with Crippen LogP contribution in [0.1, 0.15) is 26.7 Å². The van der Waals surface area contributed by atoms with E-state index in [2.05, 4.69) is 17.2 Å². The number of ether oxygens (including phenoxy) is 3. The highest BCUT2D eigenvalue weighted by atomic mass is 16.5. The number of carbonyl (C=O) groups excluding carboxylic acids is 1. The van der Waals surface area contributed by atoms with Crippen molar-refractivity contribution in [2.24, 2.45) is 0 Å². The summed E-state index contributed by atoms with van der Waals surface area (Å²) in [6.45, 7) is 4.43. The van der Waals surface area contributed by atoms with Crippen LogP contribution in [-0.4, -0.2) is 42.2 Å². The molecule has 35 heavy (non-hydrogen) atoms. The Morgan fingerprint density at radius 3 is 2.66 bits per heavy atom. The summed E-state index contributed by atoms with van der Waals surface area (Å²) in [6.07, 6.45) is 3.02. The van der Waals surface area contributed by atoms with Gasteiger partial charge in [-0.15, -0.1) is 0 Å². The molecule has 8 nitrogen and oxygen atoms in total. The van der Waals surface area contributed by atoms with Gasteiger partial charge in [0.05, 0.1) is 36.2 Å². The minimum Gasteiger partial charge on any atom is -0.493 e. The van der Waals surface area contributed by atoms with Crippen molar-refractivity contribution in [2.45, 2.75) is 32.8 Å². The van der Waals surface area contributed by atoms with E-state index in [1.165, 1.54) is 7.11 Å². The predicted molar refractivity (Wildman–Crippen MR) is 136 cm³/mol. The van der Waals surface area contributed by atoms with Gasteiger partial charge in [0.2, 0.25) is 0 Å². The molecular weight excluding hydrogens is 446 g/mol. The van der Waals surface area contributed by atoms with Gasteiger partial charge in [-0.1, -0.05) is 13.3 Å². The Hall–Kier alpha value is -4.07. The summed E-state index contributed by atoms with van der Waals surface area (Å²) >= 11 is 0. The van der Waals surface area contributed by atoms with Crippen LogP contribution in [0.2, 0.25) is 0 Å². The van der Waals surface area contributed by atoms with Crippen LogP contribution in [0.3, 0.4) is 0 Å². The van der Waals surface area contributed by atoms with Crippen molar-refractivity contribution in [3.05, 3.63) is 52.9 Å². The van der Waals surface area contributed by atoms with Gasteiger partial charge in [-0.25, -0.2) is 0 Å². The molecule has 3 aromatic heterocycles. The number of pyridine rings is 2. The molecule has 1 amide bonds. The van der Waals surface area contributed by atoms with Crippen LogP contribution in [0, 0.1) is 0 Å². The van der Waals surface area contributed by atoms with Gasteiger partial charge in [0.15, 0.2) is 17.6 Å². The number of methoxy groups -OCH3 is 2. The second kappa shape index (κ2) is 8.94. The molecule has 8 heteroatoms. The van der Waals surface area contributed by atoms with E-state index in [9.17, 15) is 9.59 Å². The zero-order valence-electron chi connectivity index (χ0n) is 20.2. The third-order valence-electron chi connectivity index (χ3n) is 6.38. The van der Waals surface area contributed by atoms with Gasteiger partial charge >= 0.3 is 0 Å². The fourth-order valence-electron chi connectivity index (χ4n) is 4.66. The number of rotatable bonds is 8. The standard InChI is InChI=1S/C27H27N3O5/c1-5-6-12-29-26(31)15(2)35-16-7-9-20-19(14-16)17-11-13-28-23-18-8-10-21(33-3)25(34-4)22(18)27(32)30(20)24(17)23/h7-11,13-15H,5-6,12H2,1-4H3,(H,29,31). The van der Waals surface area contributed by atoms with Gasteiger partial charge in [0.25, 0.3) is 11.5 Å². The van der Waals surface area contributed by atoms with Gasteiger partial charge in [-0.05, 0) is 49.7 Å². The number of fused-ring (bicyclic) bond motifs is 5. The summed E-state index contributed by atoms with van der Waals surface area (Å²) in [5.41, 5.74) is 1.94. The lowest BCUT2D eigenvalue weighted by molar-refractivity contribution is -0.127. The first kappa shape index (κ1) is 22.7. The van der Waals surface area contributed by atoms with Gasteiger partial charge in [0.1, 0.15) is 5.75 Å². The highest BCUT2D eigenvalue weighted by Crippen LogP contribution is 2.39. The largest absolute Gasteiger partial charge is 0.493 e. The number of carbonyl (C=O) groups is 1. The summed E-state index contributed by atoms with van der Waals surface area (Å²) in [4.78, 5) is 30.8. The van der Waals surface area contributed by atoms with Crippen LogP contribution < -0.4 is 25.1 Å². The number of unbranched alkanes of at least 4 members (excludes halogenated alkanes) is 1. The summed E-state index contributed by atoms with van der Waals surface area (Å²) in [7, 11) is 3.06. The molecule has 0 spiro atoms. The Morgan fingerprint density at radius 1 is 1.09 bits per heavy atom. The molecule has 0 fully saturated rings. The van der Waals surface area contributed by atoms with Crippen molar-refractivity contribution in [1.29, 1.82) is 0 Å². The molecule has 1 N–H and O–H groups in total. The lowest BCUT2D eigenvalue weighted by Gasteiger charge is -2.14. The van der Waals surface area contributed by atoms with Crippen molar-refractivity contribution in [3.8, 4) is 17.2 Å². The third-order valence-corrected chi connectivity index (χ3v) is 6.38. The number of amides is 1. The third kappa shape index (κ3) is 3.56. The Bertz CT molecular complexity index is 1630. The van der Waals surface area contributed by atoms with Crippen molar-refractivity contribution < 1.29 is 19.0 Å². The summed E-state index contributed by atoms with van der Waals surface area (Å²) in [5.74, 6) is 1.26. The smallest absolute Gasteiger partial charge is 0.267 e. The average Bonchev–Trinajstić information content (AvgIpc) is 3.21. The highest BCUT2D eigenvalue weighted by Gasteiger charge is 2.22. The fourth-order valence-corrected chi connectivity index (χ4v) is 4.66. The molecule has 2 aromatic carbocycles. The van der Waals surface area contributed by atoms with Crippen molar-refractivity contribution in [2.75, 3.05) is 20.8 Å². The van der Waals surface area contributed by atoms with Crippen LogP contribution in [0.15, 0.2) is 47.4 Å². The van der Waals surface area contributed by atoms with Crippen molar-refractivity contribution >= 4 is 44.0 Å². The number of nitrogens with one attached hydrogen (secondary N) is 1. The van der Waals surface area contributed by atoms with Crippen LogP contribution in [-0.2, 0) is 4.79 Å². The predicted octanol–water partition coefficient (Wildman–Crippen LogP) is 4.29. The topological polar surface area (TPSA) is 91.2 Å². The first-order valence-corrected chi connectivity index (χ1v) is 11.7. The molecular formula is C27H27N3O5. The number of aromatic nitrogens is 2. The SMILES string of the molecule is CCCCNC(=O)C(C)Oc1ccc2c(c1)c1ccnc3c4ccc(OC)c(OC)c4c(=O)n2c13. The van der Waals surface area contributed by atoms with E-state index >= 15 is 0 Å². The summed E-state index contributed by atoms with van der Waals surface area (Å²) < 4.78 is 18.6. The Balaban J connectivity index is 1.69. The van der Waals surface area contributed by atoms with Gasteiger partial charge < -0.3 is 19.5 Å². The molecule has 0 saturated heterocycles. The van der Waals surface area contributed by atoms with Gasteiger partial charge in [0, 0.05) is 28.9 Å². The summed E-state index contributed by atoms with van der Waals surface area (Å²) in [6, 6.07) is 11.0. The maximum absolute atomic E-state index is 13.8.